The van der Waals surface area contributed by atoms with Gasteiger partial charge in [-0.25, -0.2) is 0 Å². The number of piperidine rings is 1. The number of likely N-dealkylation sites (tertiary alicyclic amines) is 1. The van der Waals surface area contributed by atoms with E-state index in [1.165, 1.54) is 63.7 Å². The van der Waals surface area contributed by atoms with Crippen LogP contribution < -0.4 is 0 Å². The quantitative estimate of drug-likeness (QED) is 0.899. The third kappa shape index (κ3) is 2.96. The molecule has 2 unspecified atom stereocenters. The number of nitrogens with zero attached hydrogens (tertiary/aromatic N) is 1. The Morgan fingerprint density at radius 2 is 1.86 bits per heavy atom. The van der Waals surface area contributed by atoms with E-state index in [0.717, 1.165) is 17.8 Å². The van der Waals surface area contributed by atoms with Gasteiger partial charge < -0.3 is 10.0 Å². The molecule has 1 N–H and O–H groups in total. The lowest BCUT2D eigenvalue weighted by Gasteiger charge is -2.35. The van der Waals surface area contributed by atoms with E-state index in [-0.39, 0.29) is 6.10 Å². The Bertz CT molecular complexity index is 488. The van der Waals surface area contributed by atoms with Gasteiger partial charge in [0, 0.05) is 6.54 Å². The van der Waals surface area contributed by atoms with Crippen molar-refractivity contribution in [2.24, 2.45) is 17.3 Å². The van der Waals surface area contributed by atoms with Crippen molar-refractivity contribution in [2.45, 2.75) is 51.0 Å². The predicted molar refractivity (Wildman–Crippen MR) is 89.7 cm³/mol. The normalized spacial score (nSPS) is 29.2. The molecule has 0 aromatic heterocycles. The monoisotopic (exact) mass is 299 g/mol. The van der Waals surface area contributed by atoms with Gasteiger partial charge in [0.15, 0.2) is 0 Å². The maximum atomic E-state index is 10.5. The first-order valence-corrected chi connectivity index (χ1v) is 9.20. The minimum absolute atomic E-state index is 0.163. The Labute approximate surface area is 134 Å². The molecule has 22 heavy (non-hydrogen) atoms. The Morgan fingerprint density at radius 1 is 1.14 bits per heavy atom. The fourth-order valence-corrected chi connectivity index (χ4v) is 4.79. The molecule has 1 aliphatic heterocycles. The molecule has 120 valence electrons. The average Bonchev–Trinajstić information content (AvgIpc) is 3.23. The number of rotatable bonds is 5. The summed E-state index contributed by atoms with van der Waals surface area (Å²) in [7, 11) is 0. The lowest BCUT2D eigenvalue weighted by molar-refractivity contribution is 0.0559. The molecule has 1 heterocycles. The average molecular weight is 299 g/mol. The molecule has 2 heteroatoms. The first-order valence-electron chi connectivity index (χ1n) is 9.20. The van der Waals surface area contributed by atoms with Crippen molar-refractivity contribution in [3.8, 4) is 0 Å². The molecule has 0 bridgehead atoms. The Morgan fingerprint density at radius 3 is 2.45 bits per heavy atom. The number of hydrogen-bond acceptors (Lipinski definition) is 2. The Balaban J connectivity index is 1.22. The second kappa shape index (κ2) is 5.98. The molecule has 3 fully saturated rings. The molecule has 2 aliphatic carbocycles. The summed E-state index contributed by atoms with van der Waals surface area (Å²) in [5.74, 6) is 1.50. The zero-order chi connectivity index (χ0) is 15.0. The Hall–Kier alpha value is -0.860. The van der Waals surface area contributed by atoms with Crippen LogP contribution in [0.15, 0.2) is 30.3 Å². The standard InChI is InChI=1S/C20H29NO/c22-19(13-16-5-2-1-3-6-16)17-7-11-21(12-8-17)15-18-14-20(18)9-4-10-20/h1-3,5-6,17-19,22H,4,7-15H2. The van der Waals surface area contributed by atoms with Gasteiger partial charge in [-0.3, -0.25) is 0 Å². The zero-order valence-corrected chi connectivity index (χ0v) is 13.6. The fourth-order valence-electron chi connectivity index (χ4n) is 4.79. The highest BCUT2D eigenvalue weighted by Gasteiger charge is 2.57. The number of benzene rings is 1. The molecule has 4 rings (SSSR count). The van der Waals surface area contributed by atoms with Crippen LogP contribution in [0, 0.1) is 17.3 Å². The van der Waals surface area contributed by atoms with Crippen LogP contribution in [-0.4, -0.2) is 35.7 Å². The molecule has 3 aliphatic rings. The van der Waals surface area contributed by atoms with Crippen LogP contribution in [0.3, 0.4) is 0 Å². The largest absolute Gasteiger partial charge is 0.392 e. The van der Waals surface area contributed by atoms with Crippen molar-refractivity contribution in [2.75, 3.05) is 19.6 Å². The van der Waals surface area contributed by atoms with E-state index in [4.69, 9.17) is 0 Å². The van der Waals surface area contributed by atoms with E-state index < -0.39 is 0 Å². The van der Waals surface area contributed by atoms with Gasteiger partial charge >= 0.3 is 0 Å². The zero-order valence-electron chi connectivity index (χ0n) is 13.6. The molecular formula is C20H29NO. The van der Waals surface area contributed by atoms with E-state index in [1.807, 2.05) is 6.07 Å². The Kier molecular flexibility index (Phi) is 4.00. The van der Waals surface area contributed by atoms with E-state index in [2.05, 4.69) is 29.2 Å². The van der Waals surface area contributed by atoms with Gasteiger partial charge in [-0.1, -0.05) is 36.8 Å². The highest BCUT2D eigenvalue weighted by atomic mass is 16.3. The lowest BCUT2D eigenvalue weighted by atomic mass is 9.79. The van der Waals surface area contributed by atoms with Gasteiger partial charge in [0.25, 0.3) is 0 Å². The van der Waals surface area contributed by atoms with Crippen LogP contribution in [0.25, 0.3) is 0 Å². The van der Waals surface area contributed by atoms with Crippen LogP contribution in [-0.2, 0) is 6.42 Å². The predicted octanol–water partition coefficient (Wildman–Crippen LogP) is 3.49. The summed E-state index contributed by atoms with van der Waals surface area (Å²) < 4.78 is 0. The number of aliphatic hydroxyl groups excluding tert-OH is 1. The summed E-state index contributed by atoms with van der Waals surface area (Å²) in [4.78, 5) is 2.67. The molecular weight excluding hydrogens is 270 g/mol. The summed E-state index contributed by atoms with van der Waals surface area (Å²) in [6.45, 7) is 3.73. The molecule has 1 saturated heterocycles. The van der Waals surface area contributed by atoms with Gasteiger partial charge in [0.1, 0.15) is 0 Å². The first-order chi connectivity index (χ1) is 10.8. The molecule has 2 nitrogen and oxygen atoms in total. The third-order valence-corrected chi connectivity index (χ3v) is 6.65. The van der Waals surface area contributed by atoms with Crippen LogP contribution in [0.2, 0.25) is 0 Å². The van der Waals surface area contributed by atoms with Crippen LogP contribution in [0.5, 0.6) is 0 Å². The molecule has 2 saturated carbocycles. The molecule has 0 amide bonds. The summed E-state index contributed by atoms with van der Waals surface area (Å²) in [5.41, 5.74) is 2.08. The van der Waals surface area contributed by atoms with Crippen LogP contribution in [0.4, 0.5) is 0 Å². The van der Waals surface area contributed by atoms with E-state index in [1.54, 1.807) is 0 Å². The van der Waals surface area contributed by atoms with Crippen molar-refractivity contribution in [1.82, 2.24) is 4.90 Å². The van der Waals surface area contributed by atoms with Crippen LogP contribution >= 0.6 is 0 Å². The smallest absolute Gasteiger partial charge is 0.0609 e. The van der Waals surface area contributed by atoms with Gasteiger partial charge in [0.2, 0.25) is 0 Å². The summed E-state index contributed by atoms with van der Waals surface area (Å²) in [5, 5.41) is 10.5. The van der Waals surface area contributed by atoms with Gasteiger partial charge in [-0.2, -0.15) is 0 Å². The van der Waals surface area contributed by atoms with Crippen molar-refractivity contribution in [3.63, 3.8) is 0 Å². The summed E-state index contributed by atoms with van der Waals surface area (Å²) >= 11 is 0. The highest BCUT2D eigenvalue weighted by Crippen LogP contribution is 2.65. The molecule has 2 atom stereocenters. The molecule has 1 aromatic carbocycles. The number of aliphatic hydroxyl groups is 1. The molecule has 1 spiro atoms. The van der Waals surface area contributed by atoms with Gasteiger partial charge in [0.05, 0.1) is 6.10 Å². The maximum absolute atomic E-state index is 10.5. The third-order valence-electron chi connectivity index (χ3n) is 6.65. The highest BCUT2D eigenvalue weighted by molar-refractivity contribution is 5.15. The fraction of sp³-hybridized carbons (Fsp3) is 0.700. The topological polar surface area (TPSA) is 23.5 Å². The minimum Gasteiger partial charge on any atom is -0.392 e. The summed E-state index contributed by atoms with van der Waals surface area (Å²) in [6, 6.07) is 10.4. The maximum Gasteiger partial charge on any atom is 0.0609 e. The van der Waals surface area contributed by atoms with Crippen molar-refractivity contribution in [3.05, 3.63) is 35.9 Å². The van der Waals surface area contributed by atoms with E-state index >= 15 is 0 Å². The van der Waals surface area contributed by atoms with Gasteiger partial charge in [-0.15, -0.1) is 0 Å². The number of hydrogen-bond donors (Lipinski definition) is 1. The minimum atomic E-state index is -0.163. The van der Waals surface area contributed by atoms with E-state index in [9.17, 15) is 5.11 Å². The van der Waals surface area contributed by atoms with Crippen molar-refractivity contribution >= 4 is 0 Å². The lowest BCUT2D eigenvalue weighted by Crippen LogP contribution is -2.40. The molecule has 1 aromatic rings. The SMILES string of the molecule is OC(Cc1ccccc1)C1CCN(CC2CC23CCC3)CC1. The van der Waals surface area contributed by atoms with E-state index in [0.29, 0.717) is 5.92 Å². The second-order valence-corrected chi connectivity index (χ2v) is 8.01. The van der Waals surface area contributed by atoms with Gasteiger partial charge in [-0.05, 0) is 74.4 Å². The van der Waals surface area contributed by atoms with Crippen molar-refractivity contribution in [1.29, 1.82) is 0 Å². The first kappa shape index (κ1) is 14.7. The second-order valence-electron chi connectivity index (χ2n) is 8.01. The van der Waals surface area contributed by atoms with Crippen molar-refractivity contribution < 1.29 is 5.11 Å². The molecule has 0 radical (unpaired) electrons. The summed E-state index contributed by atoms with van der Waals surface area (Å²) in [6.07, 6.45) is 8.99. The van der Waals surface area contributed by atoms with Crippen LogP contribution in [0.1, 0.15) is 44.1 Å².